The molecule has 4 atom stereocenters. The molecule has 9 nitrogen and oxygen atoms in total. The Balaban J connectivity index is 1.71. The maximum absolute atomic E-state index is 14.3. The third-order valence-electron chi connectivity index (χ3n) is 4.70. The highest BCUT2D eigenvalue weighted by Gasteiger charge is 2.42. The third kappa shape index (κ3) is 3.87. The van der Waals surface area contributed by atoms with E-state index in [-0.39, 0.29) is 6.10 Å². The largest absolute Gasteiger partial charge is 0.446 e. The Hall–Kier alpha value is -2.04. The predicted molar refractivity (Wildman–Crippen MR) is 87.0 cm³/mol. The fourth-order valence-corrected chi connectivity index (χ4v) is 3.23. The smallest absolute Gasteiger partial charge is 0.413 e. The van der Waals surface area contributed by atoms with Crippen molar-refractivity contribution in [2.24, 2.45) is 0 Å². The number of aliphatic hydroxyl groups is 2. The van der Waals surface area contributed by atoms with Gasteiger partial charge in [-0.15, -0.1) is 0 Å². The van der Waals surface area contributed by atoms with E-state index in [2.05, 4.69) is 10.3 Å². The molecule has 0 unspecified atom stereocenters. The molecule has 1 aliphatic carbocycles. The van der Waals surface area contributed by atoms with E-state index in [9.17, 15) is 24.2 Å². The monoisotopic (exact) mass is 371 g/mol. The first-order chi connectivity index (χ1) is 12.4. The second-order valence-corrected chi connectivity index (χ2v) is 6.63. The molecule has 26 heavy (non-hydrogen) atoms. The van der Waals surface area contributed by atoms with Gasteiger partial charge in [0.05, 0.1) is 12.3 Å². The number of amides is 1. The summed E-state index contributed by atoms with van der Waals surface area (Å²) in [5.41, 5.74) is -0.940. The molecule has 2 aliphatic rings. The summed E-state index contributed by atoms with van der Waals surface area (Å²) in [6, 6.07) is 0. The topological polar surface area (TPSA) is 123 Å². The summed E-state index contributed by atoms with van der Waals surface area (Å²) < 4.78 is 25.5. The van der Waals surface area contributed by atoms with Crippen LogP contribution < -0.4 is 11.0 Å². The Labute approximate surface area is 148 Å². The highest BCUT2D eigenvalue weighted by molar-refractivity contribution is 5.83. The van der Waals surface area contributed by atoms with Crippen LogP contribution in [0, 0.1) is 5.82 Å². The minimum absolute atomic E-state index is 0.225. The second kappa shape index (κ2) is 7.68. The van der Waals surface area contributed by atoms with Crippen LogP contribution >= 0.6 is 0 Å². The molecule has 1 aromatic rings. The molecule has 2 heterocycles. The summed E-state index contributed by atoms with van der Waals surface area (Å²) in [5, 5.41) is 21.8. The summed E-state index contributed by atoms with van der Waals surface area (Å²) in [6.07, 6.45) is -0.405. The molecular formula is C16H22FN3O6. The van der Waals surface area contributed by atoms with E-state index in [1.165, 1.54) is 6.92 Å². The van der Waals surface area contributed by atoms with E-state index in [0.717, 1.165) is 42.9 Å². The number of nitrogens with one attached hydrogen (secondary N) is 1. The molecule has 2 fully saturated rings. The Kier molecular flexibility index (Phi) is 5.54. The Morgan fingerprint density at radius 3 is 2.65 bits per heavy atom. The molecular weight excluding hydrogens is 349 g/mol. The lowest BCUT2D eigenvalue weighted by molar-refractivity contribution is -0.0355. The number of anilines is 1. The number of carbonyl (C=O) groups excluding carboxylic acids is 1. The number of nitrogens with zero attached hydrogens (tertiary/aromatic N) is 2. The molecule has 3 N–H and O–H groups in total. The average Bonchev–Trinajstić information content (AvgIpc) is 2.86. The molecule has 1 aromatic heterocycles. The minimum atomic E-state index is -1.40. The molecule has 0 bridgehead atoms. The first-order valence-corrected chi connectivity index (χ1v) is 8.64. The Morgan fingerprint density at radius 1 is 1.35 bits per heavy atom. The van der Waals surface area contributed by atoms with Crippen LogP contribution in [0.5, 0.6) is 0 Å². The lowest BCUT2D eigenvalue weighted by Crippen LogP contribution is -2.36. The summed E-state index contributed by atoms with van der Waals surface area (Å²) >= 11 is 0. The van der Waals surface area contributed by atoms with Crippen LogP contribution in [0.1, 0.15) is 45.3 Å². The van der Waals surface area contributed by atoms with Crippen molar-refractivity contribution in [1.82, 2.24) is 9.55 Å². The molecule has 10 heteroatoms. The van der Waals surface area contributed by atoms with Crippen molar-refractivity contribution in [3.8, 4) is 0 Å². The van der Waals surface area contributed by atoms with Crippen molar-refractivity contribution in [2.45, 2.75) is 69.7 Å². The third-order valence-corrected chi connectivity index (χ3v) is 4.70. The van der Waals surface area contributed by atoms with Gasteiger partial charge < -0.3 is 19.7 Å². The zero-order valence-electron chi connectivity index (χ0n) is 14.3. The fraction of sp³-hybridized carbons (Fsp3) is 0.688. The molecule has 0 aromatic carbocycles. The summed E-state index contributed by atoms with van der Waals surface area (Å²) in [6.45, 7) is 1.51. The van der Waals surface area contributed by atoms with Crippen molar-refractivity contribution >= 4 is 11.9 Å². The van der Waals surface area contributed by atoms with Crippen LogP contribution in [0.15, 0.2) is 11.0 Å². The van der Waals surface area contributed by atoms with Crippen molar-refractivity contribution in [2.75, 3.05) is 5.32 Å². The summed E-state index contributed by atoms with van der Waals surface area (Å²) in [5.74, 6) is -1.55. The van der Waals surface area contributed by atoms with E-state index in [0.29, 0.717) is 0 Å². The number of aliphatic hydroxyl groups excluding tert-OH is 2. The van der Waals surface area contributed by atoms with E-state index in [1.807, 2.05) is 0 Å². The van der Waals surface area contributed by atoms with Crippen LogP contribution in [0.25, 0.3) is 0 Å². The molecule has 1 aliphatic heterocycles. The van der Waals surface area contributed by atoms with Gasteiger partial charge in [-0.3, -0.25) is 9.88 Å². The molecule has 1 amide bonds. The Bertz CT molecular complexity index is 720. The van der Waals surface area contributed by atoms with Gasteiger partial charge >= 0.3 is 11.8 Å². The normalized spacial score (nSPS) is 29.5. The number of hydrogen-bond acceptors (Lipinski definition) is 7. The number of carbonyl (C=O) groups is 1. The van der Waals surface area contributed by atoms with Crippen LogP contribution in [0.4, 0.5) is 15.0 Å². The van der Waals surface area contributed by atoms with Gasteiger partial charge in [0, 0.05) is 0 Å². The highest BCUT2D eigenvalue weighted by atomic mass is 19.1. The average molecular weight is 371 g/mol. The van der Waals surface area contributed by atoms with Gasteiger partial charge in [-0.1, -0.05) is 6.42 Å². The van der Waals surface area contributed by atoms with E-state index >= 15 is 0 Å². The van der Waals surface area contributed by atoms with E-state index in [1.54, 1.807) is 0 Å². The fourth-order valence-electron chi connectivity index (χ4n) is 3.23. The predicted octanol–water partition coefficient (Wildman–Crippen LogP) is 0.903. The van der Waals surface area contributed by atoms with Crippen LogP contribution in [0.2, 0.25) is 0 Å². The number of ether oxygens (including phenoxy) is 2. The lowest BCUT2D eigenvalue weighted by Gasteiger charge is -2.22. The summed E-state index contributed by atoms with van der Waals surface area (Å²) in [4.78, 5) is 27.5. The molecule has 1 saturated carbocycles. The van der Waals surface area contributed by atoms with Crippen molar-refractivity contribution in [1.29, 1.82) is 0 Å². The molecule has 0 spiro atoms. The van der Waals surface area contributed by atoms with E-state index < -0.39 is 48.0 Å². The van der Waals surface area contributed by atoms with Gasteiger partial charge in [0.15, 0.2) is 17.9 Å². The lowest BCUT2D eigenvalue weighted by atomic mass is 9.98. The van der Waals surface area contributed by atoms with Crippen molar-refractivity contribution < 1.29 is 28.9 Å². The standard InChI is InChI=1S/C16H22FN3O6/c1-8-11(21)12(22)14(25-8)20-7-10(17)13(18-15(20)23)19-16(24)26-9-5-3-2-4-6-9/h7-9,11-12,14,21-22H,2-6H2,1H3,(H,18,19,23,24)/t8-,11-,12-,14-/m1/s1. The van der Waals surface area contributed by atoms with Gasteiger partial charge in [-0.2, -0.15) is 4.98 Å². The second-order valence-electron chi connectivity index (χ2n) is 6.63. The van der Waals surface area contributed by atoms with Crippen molar-refractivity contribution in [3.05, 3.63) is 22.5 Å². The van der Waals surface area contributed by atoms with Gasteiger partial charge in [0.2, 0.25) is 0 Å². The van der Waals surface area contributed by atoms with Crippen LogP contribution in [-0.4, -0.2) is 50.3 Å². The number of aromatic nitrogens is 2. The molecule has 144 valence electrons. The zero-order chi connectivity index (χ0) is 18.8. The maximum Gasteiger partial charge on any atom is 0.413 e. The van der Waals surface area contributed by atoms with Crippen LogP contribution in [0.3, 0.4) is 0 Å². The maximum atomic E-state index is 14.3. The van der Waals surface area contributed by atoms with Gasteiger partial charge in [-0.25, -0.2) is 14.0 Å². The van der Waals surface area contributed by atoms with Gasteiger partial charge in [0.1, 0.15) is 18.3 Å². The molecule has 0 radical (unpaired) electrons. The summed E-state index contributed by atoms with van der Waals surface area (Å²) in [7, 11) is 0. The van der Waals surface area contributed by atoms with Gasteiger partial charge in [-0.05, 0) is 32.6 Å². The van der Waals surface area contributed by atoms with Crippen LogP contribution in [-0.2, 0) is 9.47 Å². The number of rotatable bonds is 3. The van der Waals surface area contributed by atoms with Gasteiger partial charge in [0.25, 0.3) is 0 Å². The van der Waals surface area contributed by atoms with Crippen molar-refractivity contribution in [3.63, 3.8) is 0 Å². The SMILES string of the molecule is C[C@H]1O[C@@H](n2cc(F)c(NC(=O)OC3CCCCC3)nc2=O)[C@H](O)[C@@H]1O. The zero-order valence-corrected chi connectivity index (χ0v) is 14.3. The molecule has 1 saturated heterocycles. The first kappa shape index (κ1) is 18.7. The first-order valence-electron chi connectivity index (χ1n) is 8.64. The molecule has 3 rings (SSSR count). The van der Waals surface area contributed by atoms with E-state index in [4.69, 9.17) is 9.47 Å². The number of halogens is 1. The highest BCUT2D eigenvalue weighted by Crippen LogP contribution is 2.28. The minimum Gasteiger partial charge on any atom is -0.446 e. The number of hydrogen-bond donors (Lipinski definition) is 3. The Morgan fingerprint density at radius 2 is 2.04 bits per heavy atom. The quantitative estimate of drug-likeness (QED) is 0.721.